The fourth-order valence-corrected chi connectivity index (χ4v) is 4.35. The average molecular weight is 375 g/mol. The molecule has 2 rings (SSSR count). The number of piperidine rings is 1. The van der Waals surface area contributed by atoms with Crippen LogP contribution in [-0.4, -0.2) is 52.0 Å². The Morgan fingerprint density at radius 2 is 2.08 bits per heavy atom. The van der Waals surface area contributed by atoms with E-state index < -0.39 is 10.0 Å². The third-order valence-corrected chi connectivity index (χ3v) is 6.16. The van der Waals surface area contributed by atoms with Gasteiger partial charge in [-0.25, -0.2) is 8.42 Å². The lowest BCUT2D eigenvalue weighted by molar-refractivity contribution is -0.126. The van der Waals surface area contributed by atoms with Crippen molar-refractivity contribution in [3.8, 4) is 0 Å². The molecule has 0 unspecified atom stereocenters. The van der Waals surface area contributed by atoms with E-state index in [0.29, 0.717) is 37.6 Å². The summed E-state index contributed by atoms with van der Waals surface area (Å²) in [6, 6.07) is 6.09. The molecule has 1 aliphatic rings. The molecule has 0 aliphatic carbocycles. The molecule has 1 aliphatic heterocycles. The van der Waals surface area contributed by atoms with Crippen molar-refractivity contribution in [1.82, 2.24) is 9.62 Å². The fraction of sp³-hybridized carbons (Fsp3) is 0.562. The summed E-state index contributed by atoms with van der Waals surface area (Å²) in [5, 5.41) is 3.34. The molecule has 0 radical (unpaired) electrons. The molecule has 1 heterocycles. The summed E-state index contributed by atoms with van der Waals surface area (Å²) in [5.74, 6) is -0.412. The van der Waals surface area contributed by atoms with Crippen molar-refractivity contribution in [2.75, 3.05) is 33.4 Å². The number of carbonyl (C=O) groups excluding carboxylic acids is 1. The molecule has 1 atom stereocenters. The molecular formula is C16H23ClN2O4S. The zero-order chi connectivity index (χ0) is 17.6. The van der Waals surface area contributed by atoms with Crippen molar-refractivity contribution in [3.63, 3.8) is 0 Å². The maximum atomic E-state index is 12.7. The number of hydrogen-bond acceptors (Lipinski definition) is 4. The zero-order valence-corrected chi connectivity index (χ0v) is 15.3. The van der Waals surface area contributed by atoms with Crippen LogP contribution >= 0.6 is 11.6 Å². The topological polar surface area (TPSA) is 75.7 Å². The molecule has 134 valence electrons. The van der Waals surface area contributed by atoms with Crippen molar-refractivity contribution in [2.45, 2.75) is 24.2 Å². The average Bonchev–Trinajstić information content (AvgIpc) is 2.59. The van der Waals surface area contributed by atoms with Gasteiger partial charge in [0.05, 0.1) is 10.8 Å². The second-order valence-corrected chi connectivity index (χ2v) is 8.17. The largest absolute Gasteiger partial charge is 0.385 e. The van der Waals surface area contributed by atoms with Gasteiger partial charge in [-0.1, -0.05) is 11.6 Å². The number of benzene rings is 1. The molecule has 0 bridgehead atoms. The van der Waals surface area contributed by atoms with Crippen molar-refractivity contribution in [3.05, 3.63) is 29.3 Å². The summed E-state index contributed by atoms with van der Waals surface area (Å²) in [6.07, 6.45) is 2.10. The first-order valence-corrected chi connectivity index (χ1v) is 9.79. The Bertz CT molecular complexity index is 649. The van der Waals surface area contributed by atoms with Gasteiger partial charge in [-0.2, -0.15) is 4.31 Å². The van der Waals surface area contributed by atoms with E-state index in [0.717, 1.165) is 6.42 Å². The number of methoxy groups -OCH3 is 1. The fourth-order valence-electron chi connectivity index (χ4n) is 2.70. The Hall–Kier alpha value is -1.15. The number of hydrogen-bond donors (Lipinski definition) is 1. The van der Waals surface area contributed by atoms with Crippen LogP contribution in [0.3, 0.4) is 0 Å². The van der Waals surface area contributed by atoms with Gasteiger partial charge in [0.15, 0.2) is 0 Å². The van der Waals surface area contributed by atoms with E-state index in [1.54, 1.807) is 19.2 Å². The van der Waals surface area contributed by atoms with Gasteiger partial charge in [0.2, 0.25) is 15.9 Å². The normalized spacial score (nSPS) is 19.2. The van der Waals surface area contributed by atoms with Crippen LogP contribution in [0.4, 0.5) is 0 Å². The second-order valence-electron chi connectivity index (χ2n) is 5.79. The van der Waals surface area contributed by atoms with Crippen LogP contribution in [0.15, 0.2) is 29.2 Å². The van der Waals surface area contributed by atoms with Gasteiger partial charge in [0, 0.05) is 38.4 Å². The monoisotopic (exact) mass is 374 g/mol. The first-order valence-electron chi connectivity index (χ1n) is 7.97. The van der Waals surface area contributed by atoms with E-state index in [1.165, 1.54) is 16.4 Å². The first-order chi connectivity index (χ1) is 11.4. The SMILES string of the molecule is COCCCNC(=O)[C@H]1CCCN(S(=O)(=O)c2ccc(Cl)cc2)C1. The molecule has 6 nitrogen and oxygen atoms in total. The van der Waals surface area contributed by atoms with Crippen molar-refractivity contribution < 1.29 is 17.9 Å². The molecule has 1 fully saturated rings. The van der Waals surface area contributed by atoms with Crippen LogP contribution in [0.5, 0.6) is 0 Å². The highest BCUT2D eigenvalue weighted by molar-refractivity contribution is 7.89. The van der Waals surface area contributed by atoms with Crippen LogP contribution in [0.1, 0.15) is 19.3 Å². The molecule has 1 N–H and O–H groups in total. The standard InChI is InChI=1S/C16H23ClN2O4S/c1-23-11-3-9-18-16(20)13-4-2-10-19(12-13)24(21,22)15-7-5-14(17)6-8-15/h5-8,13H,2-4,9-12H2,1H3,(H,18,20)/t13-/m0/s1. The quantitative estimate of drug-likeness (QED) is 0.739. The van der Waals surface area contributed by atoms with Crippen LogP contribution in [0.25, 0.3) is 0 Å². The number of sulfonamides is 1. The smallest absolute Gasteiger partial charge is 0.243 e. The lowest BCUT2D eigenvalue weighted by atomic mass is 9.99. The molecule has 1 saturated heterocycles. The maximum Gasteiger partial charge on any atom is 0.243 e. The highest BCUT2D eigenvalue weighted by Crippen LogP contribution is 2.24. The summed E-state index contributed by atoms with van der Waals surface area (Å²) in [6.45, 7) is 1.76. The number of rotatable bonds is 7. The summed E-state index contributed by atoms with van der Waals surface area (Å²) in [7, 11) is -1.99. The highest BCUT2D eigenvalue weighted by atomic mass is 35.5. The number of amides is 1. The third kappa shape index (κ3) is 4.92. The molecule has 8 heteroatoms. The second kappa shape index (κ2) is 8.80. The lowest BCUT2D eigenvalue weighted by Crippen LogP contribution is -2.45. The van der Waals surface area contributed by atoms with Gasteiger partial charge in [-0.05, 0) is 43.5 Å². The molecule has 0 saturated carbocycles. The van der Waals surface area contributed by atoms with E-state index >= 15 is 0 Å². The maximum absolute atomic E-state index is 12.7. The van der Waals surface area contributed by atoms with Crippen LogP contribution in [0, 0.1) is 5.92 Å². The number of nitrogens with zero attached hydrogens (tertiary/aromatic N) is 1. The number of carbonyl (C=O) groups is 1. The third-order valence-electron chi connectivity index (χ3n) is 4.03. The minimum Gasteiger partial charge on any atom is -0.385 e. The predicted molar refractivity (Wildman–Crippen MR) is 92.4 cm³/mol. The van der Waals surface area contributed by atoms with Gasteiger partial charge >= 0.3 is 0 Å². The van der Waals surface area contributed by atoms with Gasteiger partial charge < -0.3 is 10.1 Å². The van der Waals surface area contributed by atoms with Gasteiger partial charge in [0.25, 0.3) is 0 Å². The van der Waals surface area contributed by atoms with E-state index in [2.05, 4.69) is 5.32 Å². The van der Waals surface area contributed by atoms with Gasteiger partial charge in [-0.15, -0.1) is 0 Å². The molecule has 0 aromatic heterocycles. The highest BCUT2D eigenvalue weighted by Gasteiger charge is 2.33. The molecule has 1 amide bonds. The van der Waals surface area contributed by atoms with Crippen LogP contribution in [-0.2, 0) is 19.6 Å². The summed E-state index contributed by atoms with van der Waals surface area (Å²) in [4.78, 5) is 12.4. The zero-order valence-electron chi connectivity index (χ0n) is 13.7. The Morgan fingerprint density at radius 1 is 1.38 bits per heavy atom. The summed E-state index contributed by atoms with van der Waals surface area (Å²) in [5.41, 5.74) is 0. The van der Waals surface area contributed by atoms with E-state index in [1.807, 2.05) is 0 Å². The number of halogens is 1. The molecule has 24 heavy (non-hydrogen) atoms. The lowest BCUT2D eigenvalue weighted by Gasteiger charge is -2.31. The number of nitrogens with one attached hydrogen (secondary N) is 1. The summed E-state index contributed by atoms with van der Waals surface area (Å²) < 4.78 is 31.7. The minimum absolute atomic E-state index is 0.0953. The molecule has 0 spiro atoms. The Kier molecular flexibility index (Phi) is 7.03. The molecule has 1 aromatic carbocycles. The van der Waals surface area contributed by atoms with E-state index in [4.69, 9.17) is 16.3 Å². The molecule has 1 aromatic rings. The Balaban J connectivity index is 1.99. The first kappa shape index (κ1) is 19.2. The predicted octanol–water partition coefficient (Wildman–Crippen LogP) is 1.89. The van der Waals surface area contributed by atoms with Crippen LogP contribution in [0.2, 0.25) is 5.02 Å². The minimum atomic E-state index is -3.60. The molecular weight excluding hydrogens is 352 g/mol. The van der Waals surface area contributed by atoms with Crippen LogP contribution < -0.4 is 5.32 Å². The van der Waals surface area contributed by atoms with Crippen molar-refractivity contribution >= 4 is 27.5 Å². The van der Waals surface area contributed by atoms with Crippen molar-refractivity contribution in [1.29, 1.82) is 0 Å². The van der Waals surface area contributed by atoms with E-state index in [9.17, 15) is 13.2 Å². The van der Waals surface area contributed by atoms with Gasteiger partial charge in [-0.3, -0.25) is 4.79 Å². The number of ether oxygens (including phenoxy) is 1. The Morgan fingerprint density at radius 3 is 2.75 bits per heavy atom. The summed E-state index contributed by atoms with van der Waals surface area (Å²) >= 11 is 5.81. The Labute approximate surface area is 148 Å². The van der Waals surface area contributed by atoms with Gasteiger partial charge in [0.1, 0.15) is 0 Å². The van der Waals surface area contributed by atoms with Crippen molar-refractivity contribution in [2.24, 2.45) is 5.92 Å². The van der Waals surface area contributed by atoms with E-state index in [-0.39, 0.29) is 23.3 Å².